The van der Waals surface area contributed by atoms with Gasteiger partial charge < -0.3 is 5.11 Å². The van der Waals surface area contributed by atoms with E-state index in [-0.39, 0.29) is 11.4 Å². The van der Waals surface area contributed by atoms with Gasteiger partial charge in [0.05, 0.1) is 10.5 Å². The van der Waals surface area contributed by atoms with Crippen LogP contribution in [0.15, 0.2) is 71.9 Å². The van der Waals surface area contributed by atoms with E-state index in [1.807, 2.05) is 24.3 Å². The number of pyridine rings is 1. The average molecular weight is 386 g/mol. The molecule has 1 heterocycles. The number of carbonyl (C=O) groups is 1. The first-order valence-corrected chi connectivity index (χ1v) is 9.37. The summed E-state index contributed by atoms with van der Waals surface area (Å²) >= 11 is 0. The lowest BCUT2D eigenvalue weighted by Crippen LogP contribution is -2.23. The van der Waals surface area contributed by atoms with E-state index in [4.69, 9.17) is 5.11 Å². The molecule has 0 bridgehead atoms. The van der Waals surface area contributed by atoms with Crippen molar-refractivity contribution in [3.63, 3.8) is 0 Å². The Labute approximate surface area is 155 Å². The van der Waals surface area contributed by atoms with Gasteiger partial charge in [-0.1, -0.05) is 30.3 Å². The molecule has 0 aliphatic heterocycles. The molecule has 0 atom stereocenters. The molecule has 0 saturated carbocycles. The Balaban J connectivity index is 1.74. The summed E-state index contributed by atoms with van der Waals surface area (Å²) in [7, 11) is -3.98. The second-order valence-electron chi connectivity index (χ2n) is 5.71. The van der Waals surface area contributed by atoms with Crippen molar-refractivity contribution in [1.82, 2.24) is 9.71 Å². The van der Waals surface area contributed by atoms with Crippen molar-refractivity contribution in [1.29, 1.82) is 0 Å². The van der Waals surface area contributed by atoms with Crippen molar-refractivity contribution in [2.45, 2.75) is 11.4 Å². The molecule has 0 aliphatic carbocycles. The number of nitrogens with zero attached hydrogens (tertiary/aromatic N) is 1. The number of halogens is 1. The van der Waals surface area contributed by atoms with E-state index in [2.05, 4.69) is 9.71 Å². The zero-order chi connectivity index (χ0) is 19.4. The van der Waals surface area contributed by atoms with Gasteiger partial charge in [0.25, 0.3) is 0 Å². The smallest absolute Gasteiger partial charge is 0.338 e. The summed E-state index contributed by atoms with van der Waals surface area (Å²) < 4.78 is 40.5. The van der Waals surface area contributed by atoms with Crippen LogP contribution < -0.4 is 4.72 Å². The lowest BCUT2D eigenvalue weighted by atomic mass is 10.1. The first-order chi connectivity index (χ1) is 12.9. The standard InChI is InChI=1S/C19H15FN2O4S/c20-18-8-7-16(10-17(18)19(23)24)27(25,26)22-11-13-3-5-14(6-4-13)15-2-1-9-21-12-15/h1-10,12,22H,11H2,(H,23,24). The fourth-order valence-corrected chi connectivity index (χ4v) is 3.49. The maximum absolute atomic E-state index is 13.4. The summed E-state index contributed by atoms with van der Waals surface area (Å²) in [6.07, 6.45) is 3.41. The van der Waals surface area contributed by atoms with Gasteiger partial charge in [-0.2, -0.15) is 0 Å². The zero-order valence-corrected chi connectivity index (χ0v) is 14.8. The normalized spacial score (nSPS) is 11.3. The minimum atomic E-state index is -3.98. The van der Waals surface area contributed by atoms with Gasteiger partial charge in [0.15, 0.2) is 0 Å². The molecular formula is C19H15FN2O4S. The summed E-state index contributed by atoms with van der Waals surface area (Å²) in [4.78, 5) is 14.7. The molecule has 2 N–H and O–H groups in total. The molecule has 0 unspecified atom stereocenters. The third-order valence-electron chi connectivity index (χ3n) is 3.89. The molecule has 0 fully saturated rings. The van der Waals surface area contributed by atoms with E-state index < -0.39 is 27.4 Å². The molecule has 138 valence electrons. The van der Waals surface area contributed by atoms with Crippen molar-refractivity contribution < 1.29 is 22.7 Å². The number of rotatable bonds is 6. The van der Waals surface area contributed by atoms with E-state index in [1.165, 1.54) is 0 Å². The van der Waals surface area contributed by atoms with Crippen LogP contribution in [0, 0.1) is 5.82 Å². The van der Waals surface area contributed by atoms with Gasteiger partial charge in [0, 0.05) is 18.9 Å². The Hall–Kier alpha value is -3.10. The van der Waals surface area contributed by atoms with E-state index in [9.17, 15) is 17.6 Å². The largest absolute Gasteiger partial charge is 0.478 e. The molecule has 0 amide bonds. The number of carboxylic acids is 1. The molecule has 0 radical (unpaired) electrons. The predicted molar refractivity (Wildman–Crippen MR) is 97.1 cm³/mol. The number of aromatic carboxylic acids is 1. The van der Waals surface area contributed by atoms with Crippen LogP contribution >= 0.6 is 0 Å². The first-order valence-electron chi connectivity index (χ1n) is 7.89. The number of nitrogens with one attached hydrogen (secondary N) is 1. The minimum absolute atomic E-state index is 0.00936. The molecule has 27 heavy (non-hydrogen) atoms. The lowest BCUT2D eigenvalue weighted by Gasteiger charge is -2.09. The van der Waals surface area contributed by atoms with Gasteiger partial charge >= 0.3 is 5.97 Å². The van der Waals surface area contributed by atoms with Crippen LogP contribution in [-0.4, -0.2) is 24.5 Å². The molecule has 2 aromatic carbocycles. The molecule has 0 saturated heterocycles. The van der Waals surface area contributed by atoms with Crippen molar-refractivity contribution in [3.8, 4) is 11.1 Å². The van der Waals surface area contributed by atoms with Crippen LogP contribution in [-0.2, 0) is 16.6 Å². The van der Waals surface area contributed by atoms with Crippen LogP contribution in [0.2, 0.25) is 0 Å². The molecule has 0 aliphatic rings. The number of hydrogen-bond donors (Lipinski definition) is 2. The zero-order valence-electron chi connectivity index (χ0n) is 14.0. The maximum Gasteiger partial charge on any atom is 0.338 e. The number of benzene rings is 2. The number of hydrogen-bond acceptors (Lipinski definition) is 4. The Morgan fingerprint density at radius 3 is 2.44 bits per heavy atom. The highest BCUT2D eigenvalue weighted by Crippen LogP contribution is 2.19. The highest BCUT2D eigenvalue weighted by atomic mass is 32.2. The summed E-state index contributed by atoms with van der Waals surface area (Å²) in [5, 5.41) is 8.92. The fourth-order valence-electron chi connectivity index (χ4n) is 2.45. The molecule has 3 aromatic rings. The van der Waals surface area contributed by atoms with Crippen LogP contribution in [0.5, 0.6) is 0 Å². The third kappa shape index (κ3) is 4.36. The summed E-state index contributed by atoms with van der Waals surface area (Å²) in [5.74, 6) is -2.53. The predicted octanol–water partition coefficient (Wildman–Crippen LogP) is 3.06. The molecule has 0 spiro atoms. The number of sulfonamides is 1. The molecule has 8 heteroatoms. The molecule has 6 nitrogen and oxygen atoms in total. The summed E-state index contributed by atoms with van der Waals surface area (Å²) in [6.45, 7) is 0.00936. The Kier molecular flexibility index (Phi) is 5.29. The second kappa shape index (κ2) is 7.65. The first kappa shape index (κ1) is 18.7. The maximum atomic E-state index is 13.4. The van der Waals surface area contributed by atoms with Crippen LogP contribution in [0.4, 0.5) is 4.39 Å². The summed E-state index contributed by atoms with van der Waals surface area (Å²) in [5.41, 5.74) is 1.90. The van der Waals surface area contributed by atoms with Crippen LogP contribution in [0.1, 0.15) is 15.9 Å². The highest BCUT2D eigenvalue weighted by Gasteiger charge is 2.19. The Morgan fingerprint density at radius 1 is 1.07 bits per heavy atom. The average Bonchev–Trinajstić information content (AvgIpc) is 2.67. The molecular weight excluding hydrogens is 371 g/mol. The van der Waals surface area contributed by atoms with Crippen molar-refractivity contribution >= 4 is 16.0 Å². The van der Waals surface area contributed by atoms with Gasteiger partial charge in [-0.3, -0.25) is 4.98 Å². The van der Waals surface area contributed by atoms with Gasteiger partial charge in [0.2, 0.25) is 10.0 Å². The topological polar surface area (TPSA) is 96.4 Å². The van der Waals surface area contributed by atoms with Crippen LogP contribution in [0.25, 0.3) is 11.1 Å². The molecule has 3 rings (SSSR count). The van der Waals surface area contributed by atoms with E-state index in [0.717, 1.165) is 29.3 Å². The van der Waals surface area contributed by atoms with E-state index in [0.29, 0.717) is 5.56 Å². The Bertz CT molecular complexity index is 1070. The van der Waals surface area contributed by atoms with Gasteiger partial charge in [-0.25, -0.2) is 22.3 Å². The number of carboxylic acid groups (broad SMARTS) is 1. The van der Waals surface area contributed by atoms with Crippen molar-refractivity contribution in [2.75, 3.05) is 0 Å². The monoisotopic (exact) mass is 386 g/mol. The highest BCUT2D eigenvalue weighted by molar-refractivity contribution is 7.89. The quantitative estimate of drug-likeness (QED) is 0.679. The van der Waals surface area contributed by atoms with Crippen LogP contribution in [0.3, 0.4) is 0 Å². The minimum Gasteiger partial charge on any atom is -0.478 e. The van der Waals surface area contributed by atoms with E-state index >= 15 is 0 Å². The lowest BCUT2D eigenvalue weighted by molar-refractivity contribution is 0.0691. The van der Waals surface area contributed by atoms with Crippen molar-refractivity contribution in [2.24, 2.45) is 0 Å². The van der Waals surface area contributed by atoms with Gasteiger partial charge in [0.1, 0.15) is 5.82 Å². The number of aromatic nitrogens is 1. The second-order valence-corrected chi connectivity index (χ2v) is 7.48. The van der Waals surface area contributed by atoms with Gasteiger partial charge in [-0.15, -0.1) is 0 Å². The summed E-state index contributed by atoms with van der Waals surface area (Å²) in [6, 6.07) is 13.6. The van der Waals surface area contributed by atoms with Crippen molar-refractivity contribution in [3.05, 3.63) is 83.9 Å². The Morgan fingerprint density at radius 2 is 1.81 bits per heavy atom. The van der Waals surface area contributed by atoms with Gasteiger partial charge in [-0.05, 0) is 41.0 Å². The fraction of sp³-hybridized carbons (Fsp3) is 0.0526. The van der Waals surface area contributed by atoms with E-state index in [1.54, 1.807) is 24.5 Å². The third-order valence-corrected chi connectivity index (χ3v) is 5.29. The SMILES string of the molecule is O=C(O)c1cc(S(=O)(=O)NCc2ccc(-c3cccnc3)cc2)ccc1F. The molecule has 1 aromatic heterocycles.